The molecule has 2 fully saturated rings. The van der Waals surface area contributed by atoms with Crippen molar-refractivity contribution in [3.8, 4) is 0 Å². The van der Waals surface area contributed by atoms with Crippen LogP contribution in [0.4, 0.5) is 0 Å². The number of halogens is 1. The zero-order valence-electron chi connectivity index (χ0n) is 15.5. The van der Waals surface area contributed by atoms with Gasteiger partial charge < -0.3 is 24.1 Å². The van der Waals surface area contributed by atoms with E-state index < -0.39 is 35.5 Å². The first kappa shape index (κ1) is 19.6. The van der Waals surface area contributed by atoms with Gasteiger partial charge in [0.25, 0.3) is 0 Å². The first-order chi connectivity index (χ1) is 13.2. The van der Waals surface area contributed by atoms with Crippen molar-refractivity contribution < 1.29 is 33.7 Å². The summed E-state index contributed by atoms with van der Waals surface area (Å²) < 4.78 is 16.9. The van der Waals surface area contributed by atoms with Crippen molar-refractivity contribution in [1.82, 2.24) is 0 Å². The molecule has 2 saturated heterocycles. The van der Waals surface area contributed by atoms with Crippen LogP contribution in [0.3, 0.4) is 0 Å². The Morgan fingerprint density at radius 2 is 2.25 bits per heavy atom. The summed E-state index contributed by atoms with van der Waals surface area (Å²) in [4.78, 5) is 23.9. The van der Waals surface area contributed by atoms with Crippen molar-refractivity contribution in [3.05, 3.63) is 35.3 Å². The van der Waals surface area contributed by atoms with Crippen LogP contribution in [0.5, 0.6) is 0 Å². The maximum absolute atomic E-state index is 12.4. The van der Waals surface area contributed by atoms with Gasteiger partial charge >= 0.3 is 5.97 Å². The summed E-state index contributed by atoms with van der Waals surface area (Å²) in [5, 5.41) is 21.5. The van der Waals surface area contributed by atoms with Crippen LogP contribution < -0.4 is 0 Å². The van der Waals surface area contributed by atoms with Crippen LogP contribution >= 0.6 is 11.6 Å². The second kappa shape index (κ2) is 6.69. The van der Waals surface area contributed by atoms with Crippen molar-refractivity contribution in [3.63, 3.8) is 0 Å². The van der Waals surface area contributed by atoms with E-state index in [9.17, 15) is 19.8 Å². The molecule has 0 amide bonds. The molecule has 6 atom stereocenters. The number of rotatable bonds is 3. The molecule has 3 aliphatic rings. The Morgan fingerprint density at radius 1 is 1.50 bits per heavy atom. The first-order valence-corrected chi connectivity index (χ1v) is 9.86. The van der Waals surface area contributed by atoms with Crippen LogP contribution in [0.25, 0.3) is 0 Å². The van der Waals surface area contributed by atoms with E-state index in [-0.39, 0.29) is 24.0 Å². The van der Waals surface area contributed by atoms with E-state index >= 15 is 0 Å². The molecule has 0 radical (unpaired) electrons. The van der Waals surface area contributed by atoms with E-state index in [0.29, 0.717) is 36.9 Å². The van der Waals surface area contributed by atoms with Gasteiger partial charge in [0.1, 0.15) is 29.8 Å². The number of allylic oxidation sites excluding steroid dienone is 1. The molecule has 8 heteroatoms. The lowest BCUT2D eigenvalue weighted by Crippen LogP contribution is -2.38. The fourth-order valence-electron chi connectivity index (χ4n) is 4.34. The van der Waals surface area contributed by atoms with Crippen molar-refractivity contribution in [2.75, 3.05) is 5.88 Å². The second-order valence-electron chi connectivity index (χ2n) is 8.21. The SMILES string of the molecule is C=C(CCl)[C@@H]1CC[C@]23O[C@H]2[C@H](C[C@](C)(O)[C@H](O)c2cc(C=O)c(o2)C1)OC3=O. The fourth-order valence-corrected chi connectivity index (χ4v) is 4.56. The molecular formula is C20H23ClO7. The number of esters is 1. The lowest BCUT2D eigenvalue weighted by atomic mass is 9.84. The normalized spacial score (nSPS) is 39.8. The molecule has 0 saturated carbocycles. The third-order valence-corrected chi connectivity index (χ3v) is 6.53. The summed E-state index contributed by atoms with van der Waals surface area (Å²) in [5.41, 5.74) is -1.58. The number of carbonyl (C=O) groups is 2. The molecule has 0 unspecified atom stereocenters. The zero-order valence-corrected chi connectivity index (χ0v) is 16.3. The largest absolute Gasteiger partial charge is 0.462 e. The van der Waals surface area contributed by atoms with Crippen molar-refractivity contribution >= 4 is 23.9 Å². The number of carbonyl (C=O) groups excluding carboxylic acids is 2. The zero-order chi connectivity index (χ0) is 20.3. The Kier molecular flexibility index (Phi) is 4.69. The summed E-state index contributed by atoms with van der Waals surface area (Å²) in [6, 6.07) is 1.44. The quantitative estimate of drug-likeness (QED) is 0.258. The molecular weight excluding hydrogens is 388 g/mol. The highest BCUT2D eigenvalue weighted by Crippen LogP contribution is 2.53. The number of hydrogen-bond donors (Lipinski definition) is 2. The third kappa shape index (κ3) is 3.01. The number of aldehydes is 1. The second-order valence-corrected chi connectivity index (χ2v) is 8.48. The summed E-state index contributed by atoms with van der Waals surface area (Å²) >= 11 is 5.99. The fraction of sp³-hybridized carbons (Fsp3) is 0.600. The van der Waals surface area contributed by atoms with Crippen LogP contribution in [-0.4, -0.2) is 51.8 Å². The number of epoxide rings is 1. The minimum atomic E-state index is -1.64. The molecule has 1 aromatic heterocycles. The molecule has 0 aromatic carbocycles. The molecule has 0 spiro atoms. The highest BCUT2D eigenvalue weighted by atomic mass is 35.5. The van der Waals surface area contributed by atoms with Gasteiger partial charge in [-0.15, -0.1) is 11.6 Å². The Bertz CT molecular complexity index is 829. The highest BCUT2D eigenvalue weighted by Gasteiger charge is 2.73. The van der Waals surface area contributed by atoms with Crippen molar-refractivity contribution in [1.29, 1.82) is 0 Å². The van der Waals surface area contributed by atoms with Gasteiger partial charge in [-0.05, 0) is 31.7 Å². The minimum Gasteiger partial charge on any atom is -0.462 e. The molecule has 3 aliphatic heterocycles. The van der Waals surface area contributed by atoms with E-state index in [0.717, 1.165) is 5.57 Å². The maximum Gasteiger partial charge on any atom is 0.341 e. The molecule has 152 valence electrons. The van der Waals surface area contributed by atoms with Gasteiger partial charge in [0, 0.05) is 18.7 Å². The number of ether oxygens (including phenoxy) is 2. The van der Waals surface area contributed by atoms with E-state index in [1.807, 2.05) is 0 Å². The number of furan rings is 1. The predicted molar refractivity (Wildman–Crippen MR) is 98.1 cm³/mol. The van der Waals surface area contributed by atoms with Gasteiger partial charge in [-0.25, -0.2) is 4.79 Å². The van der Waals surface area contributed by atoms with Gasteiger partial charge in [-0.3, -0.25) is 4.79 Å². The summed E-state index contributed by atoms with van der Waals surface area (Å²) in [7, 11) is 0. The van der Waals surface area contributed by atoms with Crippen molar-refractivity contribution in [2.45, 2.75) is 62.1 Å². The molecule has 28 heavy (non-hydrogen) atoms. The number of hydrogen-bond acceptors (Lipinski definition) is 7. The highest BCUT2D eigenvalue weighted by molar-refractivity contribution is 6.19. The summed E-state index contributed by atoms with van der Waals surface area (Å²) in [5.74, 6) is 0.139. The third-order valence-electron chi connectivity index (χ3n) is 6.19. The maximum atomic E-state index is 12.4. The van der Waals surface area contributed by atoms with Crippen LogP contribution in [0, 0.1) is 5.92 Å². The Balaban J connectivity index is 1.74. The van der Waals surface area contributed by atoms with Gasteiger partial charge in [-0.1, -0.05) is 12.2 Å². The average molecular weight is 411 g/mol. The average Bonchev–Trinajstić information content (AvgIpc) is 3.18. The summed E-state index contributed by atoms with van der Waals surface area (Å²) in [6.45, 7) is 5.45. The minimum absolute atomic E-state index is 0.0173. The van der Waals surface area contributed by atoms with E-state index in [2.05, 4.69) is 6.58 Å². The number of aliphatic hydroxyl groups excluding tert-OH is 1. The number of fused-ring (bicyclic) bond motifs is 2. The van der Waals surface area contributed by atoms with Gasteiger partial charge in [0.15, 0.2) is 11.9 Å². The smallest absolute Gasteiger partial charge is 0.341 e. The van der Waals surface area contributed by atoms with Gasteiger partial charge in [-0.2, -0.15) is 0 Å². The molecule has 1 aromatic rings. The number of aliphatic hydroxyl groups is 2. The van der Waals surface area contributed by atoms with Crippen LogP contribution in [-0.2, 0) is 20.7 Å². The lowest BCUT2D eigenvalue weighted by Gasteiger charge is -2.30. The molecule has 4 rings (SSSR count). The van der Waals surface area contributed by atoms with Crippen LogP contribution in [0.1, 0.15) is 54.2 Å². The number of alkyl halides is 1. The van der Waals surface area contributed by atoms with Crippen LogP contribution in [0.15, 0.2) is 22.6 Å². The predicted octanol–water partition coefficient (Wildman–Crippen LogP) is 2.08. The molecule has 2 N–H and O–H groups in total. The Labute approximate surface area is 167 Å². The topological polar surface area (TPSA) is 110 Å². The monoisotopic (exact) mass is 410 g/mol. The van der Waals surface area contributed by atoms with Crippen molar-refractivity contribution in [2.24, 2.45) is 5.92 Å². The lowest BCUT2D eigenvalue weighted by molar-refractivity contribution is -0.160. The Hall–Kier alpha value is -1.67. The van der Waals surface area contributed by atoms with E-state index in [4.69, 9.17) is 25.5 Å². The standard InChI is InChI=1S/C20H23ClO7/c1-10(8-21)11-3-4-20-17(28-20)15(27-18(20)24)7-19(2,25)16(23)14-6-12(9-22)13(5-11)26-14/h6,9,11,15-17,23,25H,1,3-5,7-8H2,2H3/t11-,15+,16-,17+,19+,20+/m1/s1. The first-order valence-electron chi connectivity index (χ1n) is 9.32. The van der Waals surface area contributed by atoms with Gasteiger partial charge in [0.05, 0.1) is 11.2 Å². The van der Waals surface area contributed by atoms with E-state index in [1.54, 1.807) is 0 Å². The molecule has 0 aliphatic carbocycles. The van der Waals surface area contributed by atoms with Gasteiger partial charge in [0.2, 0.25) is 0 Å². The molecule has 4 bridgehead atoms. The Morgan fingerprint density at radius 3 is 2.89 bits per heavy atom. The van der Waals surface area contributed by atoms with E-state index in [1.165, 1.54) is 13.0 Å². The molecule has 7 nitrogen and oxygen atoms in total. The summed E-state index contributed by atoms with van der Waals surface area (Å²) in [6.07, 6.45) is -0.550. The molecule has 4 heterocycles. The van der Waals surface area contributed by atoms with Crippen LogP contribution in [0.2, 0.25) is 0 Å².